The van der Waals surface area contributed by atoms with Gasteiger partial charge in [-0.2, -0.15) is 0 Å². The minimum absolute atomic E-state index is 0.324. The summed E-state index contributed by atoms with van der Waals surface area (Å²) in [5, 5.41) is 3.14. The molecule has 0 saturated heterocycles. The Labute approximate surface area is 122 Å². The van der Waals surface area contributed by atoms with Crippen LogP contribution in [0.5, 0.6) is 0 Å². The Morgan fingerprint density at radius 3 is 2.29 bits per heavy atom. The van der Waals surface area contributed by atoms with Gasteiger partial charge >= 0.3 is 0 Å². The summed E-state index contributed by atoms with van der Waals surface area (Å²) in [6, 6.07) is 6.26. The summed E-state index contributed by atoms with van der Waals surface area (Å²) in [5.74, 6) is -1.59. The Morgan fingerprint density at radius 2 is 1.62 bits per heavy atom. The van der Waals surface area contributed by atoms with Crippen LogP contribution in [0.2, 0.25) is 0 Å². The van der Waals surface area contributed by atoms with E-state index >= 15 is 0 Å². The third kappa shape index (κ3) is 3.27. The Hall–Kier alpha value is -1.81. The molecule has 1 atom stereocenters. The van der Waals surface area contributed by atoms with E-state index in [0.29, 0.717) is 23.2 Å². The van der Waals surface area contributed by atoms with E-state index in [1.165, 1.54) is 18.2 Å². The zero-order valence-corrected chi connectivity index (χ0v) is 12.3. The molecule has 1 nitrogen and oxygen atoms in total. The highest BCUT2D eigenvalue weighted by Crippen LogP contribution is 2.29. The number of halogens is 3. The summed E-state index contributed by atoms with van der Waals surface area (Å²) in [5.41, 5.74) is 2.19. The lowest BCUT2D eigenvalue weighted by Crippen LogP contribution is -2.24. The molecule has 0 aliphatic carbocycles. The largest absolute Gasteiger partial charge is 0.306 e. The first-order valence-electron chi connectivity index (χ1n) is 6.89. The van der Waals surface area contributed by atoms with Crippen LogP contribution in [0.25, 0.3) is 0 Å². The number of hydrogen-bond acceptors (Lipinski definition) is 1. The molecule has 2 rings (SSSR count). The van der Waals surface area contributed by atoms with Gasteiger partial charge in [0.1, 0.15) is 17.5 Å². The van der Waals surface area contributed by atoms with Crippen LogP contribution in [0.3, 0.4) is 0 Å². The number of benzene rings is 2. The minimum atomic E-state index is -0.632. The molecule has 0 aromatic heterocycles. The Kier molecular flexibility index (Phi) is 4.68. The molecule has 0 heterocycles. The fourth-order valence-electron chi connectivity index (χ4n) is 2.41. The van der Waals surface area contributed by atoms with Crippen LogP contribution < -0.4 is 5.32 Å². The van der Waals surface area contributed by atoms with Crippen LogP contribution in [-0.4, -0.2) is 6.54 Å². The van der Waals surface area contributed by atoms with Crippen LogP contribution in [0.1, 0.15) is 35.2 Å². The van der Waals surface area contributed by atoms with E-state index < -0.39 is 17.7 Å². The van der Waals surface area contributed by atoms with E-state index in [1.54, 1.807) is 13.0 Å². The van der Waals surface area contributed by atoms with Crippen LogP contribution in [0.4, 0.5) is 13.2 Å². The van der Waals surface area contributed by atoms with Crippen molar-refractivity contribution in [1.82, 2.24) is 5.32 Å². The third-order valence-electron chi connectivity index (χ3n) is 3.55. The lowest BCUT2D eigenvalue weighted by Gasteiger charge is -2.22. The standard InChI is InChI=1S/C17H18F3N/c1-4-21-17(13-8-12(18)6-5-10(13)2)14-7-11(3)15(19)9-16(14)20/h5-9,17,21H,4H2,1-3H3. The van der Waals surface area contributed by atoms with Crippen LogP contribution in [0.15, 0.2) is 30.3 Å². The maximum Gasteiger partial charge on any atom is 0.131 e. The van der Waals surface area contributed by atoms with Gasteiger partial charge in [0.2, 0.25) is 0 Å². The maximum absolute atomic E-state index is 14.1. The zero-order chi connectivity index (χ0) is 15.6. The lowest BCUT2D eigenvalue weighted by molar-refractivity contribution is 0.534. The molecule has 0 aliphatic heterocycles. The van der Waals surface area contributed by atoms with Gasteiger partial charge in [-0.1, -0.05) is 13.0 Å². The van der Waals surface area contributed by atoms with E-state index in [4.69, 9.17) is 0 Å². The van der Waals surface area contributed by atoms with Gasteiger partial charge in [-0.15, -0.1) is 0 Å². The second-order valence-electron chi connectivity index (χ2n) is 5.11. The minimum Gasteiger partial charge on any atom is -0.306 e. The predicted octanol–water partition coefficient (Wildman–Crippen LogP) is 4.42. The molecular formula is C17H18F3N. The van der Waals surface area contributed by atoms with Gasteiger partial charge in [-0.05, 0) is 55.3 Å². The fraction of sp³-hybridized carbons (Fsp3) is 0.294. The molecule has 0 fully saturated rings. The highest BCUT2D eigenvalue weighted by molar-refractivity contribution is 5.39. The van der Waals surface area contributed by atoms with Crippen LogP contribution in [-0.2, 0) is 0 Å². The molecule has 0 bridgehead atoms. The first kappa shape index (κ1) is 15.6. The second-order valence-corrected chi connectivity index (χ2v) is 5.11. The second kappa shape index (κ2) is 6.31. The van der Waals surface area contributed by atoms with E-state index in [-0.39, 0.29) is 5.82 Å². The van der Waals surface area contributed by atoms with Gasteiger partial charge in [-0.3, -0.25) is 0 Å². The van der Waals surface area contributed by atoms with Crippen molar-refractivity contribution >= 4 is 0 Å². The normalized spacial score (nSPS) is 12.5. The van der Waals surface area contributed by atoms with Crippen molar-refractivity contribution in [3.05, 3.63) is 70.0 Å². The fourth-order valence-corrected chi connectivity index (χ4v) is 2.41. The van der Waals surface area contributed by atoms with Crippen LogP contribution >= 0.6 is 0 Å². The van der Waals surface area contributed by atoms with Gasteiger partial charge < -0.3 is 5.32 Å². The Morgan fingerprint density at radius 1 is 0.905 bits per heavy atom. The summed E-state index contributed by atoms with van der Waals surface area (Å²) in [6.07, 6.45) is 0. The molecule has 2 aromatic rings. The lowest BCUT2D eigenvalue weighted by atomic mass is 9.93. The van der Waals surface area contributed by atoms with Crippen molar-refractivity contribution in [2.24, 2.45) is 0 Å². The highest BCUT2D eigenvalue weighted by Gasteiger charge is 2.20. The number of hydrogen-bond donors (Lipinski definition) is 1. The molecule has 0 saturated carbocycles. The molecule has 0 aliphatic rings. The van der Waals surface area contributed by atoms with E-state index in [1.807, 2.05) is 13.8 Å². The average Bonchev–Trinajstić information content (AvgIpc) is 2.43. The van der Waals surface area contributed by atoms with Crippen molar-refractivity contribution in [2.45, 2.75) is 26.8 Å². The number of nitrogens with one attached hydrogen (secondary N) is 1. The quantitative estimate of drug-likeness (QED) is 0.880. The number of rotatable bonds is 4. The first-order valence-corrected chi connectivity index (χ1v) is 6.89. The van der Waals surface area contributed by atoms with E-state index in [0.717, 1.165) is 11.6 Å². The van der Waals surface area contributed by atoms with Gasteiger partial charge in [0.15, 0.2) is 0 Å². The molecule has 112 valence electrons. The Bertz CT molecular complexity index is 653. The van der Waals surface area contributed by atoms with Gasteiger partial charge in [-0.25, -0.2) is 13.2 Å². The predicted molar refractivity (Wildman–Crippen MR) is 77.8 cm³/mol. The third-order valence-corrected chi connectivity index (χ3v) is 3.55. The van der Waals surface area contributed by atoms with Gasteiger partial charge in [0.25, 0.3) is 0 Å². The topological polar surface area (TPSA) is 12.0 Å². The Balaban J connectivity index is 2.58. The van der Waals surface area contributed by atoms with E-state index in [2.05, 4.69) is 5.32 Å². The summed E-state index contributed by atoms with van der Waals surface area (Å²) in [4.78, 5) is 0. The number of aryl methyl sites for hydroxylation is 2. The van der Waals surface area contributed by atoms with Crippen molar-refractivity contribution in [3.63, 3.8) is 0 Å². The summed E-state index contributed by atoms with van der Waals surface area (Å²) in [7, 11) is 0. The van der Waals surface area contributed by atoms with E-state index in [9.17, 15) is 13.2 Å². The zero-order valence-electron chi connectivity index (χ0n) is 12.3. The van der Waals surface area contributed by atoms with Crippen molar-refractivity contribution in [1.29, 1.82) is 0 Å². The summed E-state index contributed by atoms with van der Waals surface area (Å²) in [6.45, 7) is 5.89. The average molecular weight is 293 g/mol. The molecule has 1 N–H and O–H groups in total. The van der Waals surface area contributed by atoms with Crippen molar-refractivity contribution in [3.8, 4) is 0 Å². The molecule has 1 unspecified atom stereocenters. The molecule has 4 heteroatoms. The molecule has 0 radical (unpaired) electrons. The van der Waals surface area contributed by atoms with Crippen molar-refractivity contribution in [2.75, 3.05) is 6.54 Å². The van der Waals surface area contributed by atoms with Gasteiger partial charge in [0, 0.05) is 11.6 Å². The van der Waals surface area contributed by atoms with Gasteiger partial charge in [0.05, 0.1) is 6.04 Å². The molecular weight excluding hydrogens is 275 g/mol. The summed E-state index contributed by atoms with van der Waals surface area (Å²) < 4.78 is 41.1. The first-order chi connectivity index (χ1) is 9.93. The van der Waals surface area contributed by atoms with Crippen LogP contribution in [0, 0.1) is 31.3 Å². The SMILES string of the molecule is CCNC(c1cc(F)ccc1C)c1cc(C)c(F)cc1F. The smallest absolute Gasteiger partial charge is 0.131 e. The molecule has 0 spiro atoms. The monoisotopic (exact) mass is 293 g/mol. The highest BCUT2D eigenvalue weighted by atomic mass is 19.1. The molecule has 21 heavy (non-hydrogen) atoms. The maximum atomic E-state index is 14.1. The molecule has 2 aromatic carbocycles. The van der Waals surface area contributed by atoms with Crippen molar-refractivity contribution < 1.29 is 13.2 Å². The molecule has 0 amide bonds. The summed E-state index contributed by atoms with van der Waals surface area (Å²) >= 11 is 0.